The van der Waals surface area contributed by atoms with E-state index < -0.39 is 11.9 Å². The van der Waals surface area contributed by atoms with E-state index in [-0.39, 0.29) is 11.1 Å². The second kappa shape index (κ2) is 15.0. The zero-order valence-electron chi connectivity index (χ0n) is 20.2. The number of unbranched alkanes of at least 4 members (excludes halogenated alkanes) is 5. The first-order valence-electron chi connectivity index (χ1n) is 12.4. The van der Waals surface area contributed by atoms with Crippen LogP contribution in [0.5, 0.6) is 0 Å². The van der Waals surface area contributed by atoms with Crippen LogP contribution in [0, 0.1) is 11.8 Å². The Bertz CT molecular complexity index is 678. The molecule has 1 atom stereocenters. The van der Waals surface area contributed by atoms with Crippen LogP contribution in [0.2, 0.25) is 0 Å². The van der Waals surface area contributed by atoms with Crippen LogP contribution in [0.1, 0.15) is 130 Å². The third-order valence-corrected chi connectivity index (χ3v) is 6.26. The first-order chi connectivity index (χ1) is 14.8. The Labute approximate surface area is 189 Å². The predicted molar refractivity (Wildman–Crippen MR) is 128 cm³/mol. The molecular weight excluding hydrogens is 388 g/mol. The molecule has 1 rings (SSSR count). The van der Waals surface area contributed by atoms with Gasteiger partial charge in [0.2, 0.25) is 0 Å². The summed E-state index contributed by atoms with van der Waals surface area (Å²) in [5.41, 5.74) is 2.10. The van der Waals surface area contributed by atoms with Gasteiger partial charge in [0.15, 0.2) is 0 Å². The third-order valence-electron chi connectivity index (χ3n) is 6.26. The zero-order valence-corrected chi connectivity index (χ0v) is 20.2. The molecule has 0 aliphatic carbocycles. The van der Waals surface area contributed by atoms with Crippen molar-refractivity contribution in [2.75, 3.05) is 0 Å². The first kappa shape index (κ1) is 27.2. The van der Waals surface area contributed by atoms with E-state index in [1.807, 2.05) is 0 Å². The van der Waals surface area contributed by atoms with E-state index >= 15 is 0 Å². The lowest BCUT2D eigenvalue weighted by molar-refractivity contribution is 0.0678. The molecule has 176 valence electrons. The van der Waals surface area contributed by atoms with E-state index in [4.69, 9.17) is 0 Å². The normalized spacial score (nSPS) is 12.3. The standard InChI is InChI=1S/C27H44O4/c1-5-7-10-15-21(13-6-2)19-25-22(16-12-9-8-11-14-20(3)4)23(26(28)29)17-18-24(25)27(30)31/h17-18,20-21H,5-16,19H2,1-4H3,(H,28,29)(H,30,31). The highest BCUT2D eigenvalue weighted by atomic mass is 16.4. The molecule has 0 saturated carbocycles. The van der Waals surface area contributed by atoms with Crippen LogP contribution in [0.3, 0.4) is 0 Å². The fraction of sp³-hybridized carbons (Fsp3) is 0.704. The number of hydrogen-bond donors (Lipinski definition) is 2. The third kappa shape index (κ3) is 9.88. The molecular formula is C27H44O4. The van der Waals surface area contributed by atoms with Crippen LogP contribution in [-0.4, -0.2) is 22.2 Å². The van der Waals surface area contributed by atoms with Crippen molar-refractivity contribution in [2.45, 2.75) is 111 Å². The maximum absolute atomic E-state index is 12.0. The summed E-state index contributed by atoms with van der Waals surface area (Å²) < 4.78 is 0. The van der Waals surface area contributed by atoms with Crippen LogP contribution >= 0.6 is 0 Å². The van der Waals surface area contributed by atoms with Gasteiger partial charge in [-0.1, -0.05) is 91.9 Å². The molecule has 0 aliphatic rings. The number of rotatable bonds is 17. The molecule has 0 heterocycles. The van der Waals surface area contributed by atoms with Gasteiger partial charge < -0.3 is 10.2 Å². The summed E-state index contributed by atoms with van der Waals surface area (Å²) in [6.07, 6.45) is 13.5. The maximum Gasteiger partial charge on any atom is 0.335 e. The van der Waals surface area contributed by atoms with Crippen molar-refractivity contribution in [3.8, 4) is 0 Å². The monoisotopic (exact) mass is 432 g/mol. The minimum Gasteiger partial charge on any atom is -0.478 e. The van der Waals surface area contributed by atoms with Gasteiger partial charge in [0.25, 0.3) is 0 Å². The van der Waals surface area contributed by atoms with Crippen molar-refractivity contribution in [3.63, 3.8) is 0 Å². The van der Waals surface area contributed by atoms with E-state index in [2.05, 4.69) is 27.7 Å². The lowest BCUT2D eigenvalue weighted by Gasteiger charge is -2.21. The van der Waals surface area contributed by atoms with Crippen molar-refractivity contribution < 1.29 is 19.8 Å². The number of carboxylic acids is 2. The van der Waals surface area contributed by atoms with Gasteiger partial charge in [-0.25, -0.2) is 9.59 Å². The Balaban J connectivity index is 3.10. The largest absolute Gasteiger partial charge is 0.478 e. The molecule has 0 spiro atoms. The number of carbonyl (C=O) groups is 2. The van der Waals surface area contributed by atoms with E-state index in [0.717, 1.165) is 62.5 Å². The minimum atomic E-state index is -0.953. The van der Waals surface area contributed by atoms with Gasteiger partial charge in [-0.3, -0.25) is 0 Å². The molecule has 0 saturated heterocycles. The quantitative estimate of drug-likeness (QED) is 0.247. The summed E-state index contributed by atoms with van der Waals surface area (Å²) in [5, 5.41) is 19.6. The van der Waals surface area contributed by atoms with E-state index in [1.165, 1.54) is 31.4 Å². The van der Waals surface area contributed by atoms with E-state index in [9.17, 15) is 19.8 Å². The lowest BCUT2D eigenvalue weighted by Crippen LogP contribution is -2.16. The Morgan fingerprint density at radius 2 is 1.32 bits per heavy atom. The number of aromatic carboxylic acids is 2. The molecule has 0 fully saturated rings. The van der Waals surface area contributed by atoms with Crippen LogP contribution in [0.15, 0.2) is 12.1 Å². The van der Waals surface area contributed by atoms with Crippen molar-refractivity contribution in [2.24, 2.45) is 11.8 Å². The summed E-state index contributed by atoms with van der Waals surface area (Å²) >= 11 is 0. The molecule has 1 aromatic carbocycles. The number of benzene rings is 1. The fourth-order valence-corrected chi connectivity index (χ4v) is 4.55. The summed E-state index contributed by atoms with van der Waals surface area (Å²) in [4.78, 5) is 23.9. The number of hydrogen-bond acceptors (Lipinski definition) is 2. The smallest absolute Gasteiger partial charge is 0.335 e. The molecule has 0 radical (unpaired) electrons. The van der Waals surface area contributed by atoms with Crippen LogP contribution in [0.25, 0.3) is 0 Å². The SMILES string of the molecule is CCCCCC(CCC)Cc1c(C(=O)O)ccc(C(=O)O)c1CCCCCCC(C)C. The van der Waals surface area contributed by atoms with Gasteiger partial charge >= 0.3 is 11.9 Å². The Morgan fingerprint density at radius 3 is 1.87 bits per heavy atom. The summed E-state index contributed by atoms with van der Waals surface area (Å²) in [6.45, 7) is 8.82. The molecule has 31 heavy (non-hydrogen) atoms. The second-order valence-electron chi connectivity index (χ2n) is 9.43. The van der Waals surface area contributed by atoms with Gasteiger partial charge in [0.1, 0.15) is 0 Å². The average Bonchev–Trinajstić information content (AvgIpc) is 2.70. The van der Waals surface area contributed by atoms with Crippen LogP contribution in [0.4, 0.5) is 0 Å². The predicted octanol–water partition coefficient (Wildman–Crippen LogP) is 7.77. The highest BCUT2D eigenvalue weighted by Gasteiger charge is 2.23. The van der Waals surface area contributed by atoms with Gasteiger partial charge in [0, 0.05) is 0 Å². The average molecular weight is 433 g/mol. The molecule has 0 aliphatic heterocycles. The lowest BCUT2D eigenvalue weighted by atomic mass is 9.83. The molecule has 0 bridgehead atoms. The summed E-state index contributed by atoms with van der Waals surface area (Å²) in [5.74, 6) is -0.788. The maximum atomic E-state index is 12.0. The Morgan fingerprint density at radius 1 is 0.742 bits per heavy atom. The summed E-state index contributed by atoms with van der Waals surface area (Å²) in [6, 6.07) is 3.00. The minimum absolute atomic E-state index is 0.283. The Kier molecular flexibility index (Phi) is 13.2. The fourth-order valence-electron chi connectivity index (χ4n) is 4.55. The Hall–Kier alpha value is -1.84. The molecule has 4 heteroatoms. The molecule has 0 amide bonds. The van der Waals surface area contributed by atoms with Gasteiger partial charge in [-0.05, 0) is 54.4 Å². The van der Waals surface area contributed by atoms with Crippen molar-refractivity contribution in [1.82, 2.24) is 0 Å². The van der Waals surface area contributed by atoms with Gasteiger partial charge in [0.05, 0.1) is 11.1 Å². The van der Waals surface area contributed by atoms with Crippen molar-refractivity contribution in [3.05, 3.63) is 34.4 Å². The molecule has 0 aromatic heterocycles. The number of carboxylic acid groups (broad SMARTS) is 2. The zero-order chi connectivity index (χ0) is 23.2. The van der Waals surface area contributed by atoms with Crippen molar-refractivity contribution >= 4 is 11.9 Å². The topological polar surface area (TPSA) is 74.6 Å². The van der Waals surface area contributed by atoms with E-state index in [0.29, 0.717) is 24.7 Å². The highest BCUT2D eigenvalue weighted by Crippen LogP contribution is 2.29. The van der Waals surface area contributed by atoms with Gasteiger partial charge in [-0.2, -0.15) is 0 Å². The van der Waals surface area contributed by atoms with Crippen LogP contribution in [-0.2, 0) is 12.8 Å². The van der Waals surface area contributed by atoms with Crippen LogP contribution < -0.4 is 0 Å². The first-order valence-corrected chi connectivity index (χ1v) is 12.4. The van der Waals surface area contributed by atoms with Crippen molar-refractivity contribution in [1.29, 1.82) is 0 Å². The molecule has 1 unspecified atom stereocenters. The second-order valence-corrected chi connectivity index (χ2v) is 9.43. The summed E-state index contributed by atoms with van der Waals surface area (Å²) in [7, 11) is 0. The van der Waals surface area contributed by atoms with Gasteiger partial charge in [-0.15, -0.1) is 0 Å². The van der Waals surface area contributed by atoms with E-state index in [1.54, 1.807) is 0 Å². The molecule has 2 N–H and O–H groups in total. The molecule has 4 nitrogen and oxygen atoms in total. The highest BCUT2D eigenvalue weighted by molar-refractivity contribution is 5.95. The molecule has 1 aromatic rings.